The second-order valence-electron chi connectivity index (χ2n) is 6.42. The first-order valence-electron chi connectivity index (χ1n) is 8.72. The summed E-state index contributed by atoms with van der Waals surface area (Å²) in [6.07, 6.45) is 2.29. The van der Waals surface area contributed by atoms with E-state index in [1.807, 2.05) is 25.1 Å². The number of anilines is 1. The van der Waals surface area contributed by atoms with Crippen LogP contribution < -0.4 is 15.4 Å². The molecule has 2 unspecified atom stereocenters. The normalized spacial score (nSPS) is 23.1. The number of hydrogen-bond acceptors (Lipinski definition) is 5. The van der Waals surface area contributed by atoms with Crippen LogP contribution in [0.2, 0.25) is 0 Å². The van der Waals surface area contributed by atoms with E-state index in [9.17, 15) is 4.79 Å². The summed E-state index contributed by atoms with van der Waals surface area (Å²) in [5.74, 6) is 1.04. The molecule has 0 bridgehead atoms. The molecule has 1 saturated heterocycles. The van der Waals surface area contributed by atoms with Gasteiger partial charge in [-0.2, -0.15) is 0 Å². The number of nitrogens with one attached hydrogen (secondary N) is 2. The highest BCUT2D eigenvalue weighted by molar-refractivity contribution is 6.01. The maximum absolute atomic E-state index is 12.8. The minimum Gasteiger partial charge on any atom is -0.486 e. The van der Waals surface area contributed by atoms with Gasteiger partial charge in [0, 0.05) is 25.2 Å². The third-order valence-electron chi connectivity index (χ3n) is 4.84. The summed E-state index contributed by atoms with van der Waals surface area (Å²) in [6.45, 7) is 8.83. The summed E-state index contributed by atoms with van der Waals surface area (Å²) in [6, 6.07) is 5.68. The topological polar surface area (TPSA) is 53.6 Å². The Kier molecular flexibility index (Phi) is 5.18. The van der Waals surface area contributed by atoms with Crippen LogP contribution >= 0.6 is 0 Å². The molecule has 3 rings (SSSR count). The van der Waals surface area contributed by atoms with Crippen molar-refractivity contribution in [2.24, 2.45) is 0 Å². The molecule has 5 heteroatoms. The van der Waals surface area contributed by atoms with Crippen molar-refractivity contribution in [1.29, 1.82) is 0 Å². The fraction of sp³-hybridized carbons (Fsp3) is 0.611. The third kappa shape index (κ3) is 3.67. The van der Waals surface area contributed by atoms with Gasteiger partial charge in [-0.05, 0) is 44.5 Å². The number of rotatable bonds is 4. The lowest BCUT2D eigenvalue weighted by atomic mass is 10.0. The molecule has 2 aliphatic rings. The van der Waals surface area contributed by atoms with Crippen molar-refractivity contribution in [3.8, 4) is 5.75 Å². The Morgan fingerprint density at radius 3 is 3.09 bits per heavy atom. The van der Waals surface area contributed by atoms with Crippen LogP contribution in [0.15, 0.2) is 18.2 Å². The van der Waals surface area contributed by atoms with Crippen LogP contribution in [-0.2, 0) is 0 Å². The monoisotopic (exact) mass is 317 g/mol. The minimum atomic E-state index is -0.0825. The van der Waals surface area contributed by atoms with Crippen LogP contribution in [0.5, 0.6) is 5.75 Å². The van der Waals surface area contributed by atoms with Crippen LogP contribution in [0.1, 0.15) is 37.0 Å². The second-order valence-corrected chi connectivity index (χ2v) is 6.42. The van der Waals surface area contributed by atoms with Gasteiger partial charge in [0.1, 0.15) is 11.9 Å². The number of carbonyl (C=O) groups is 1. The smallest absolute Gasteiger partial charge is 0.179 e. The summed E-state index contributed by atoms with van der Waals surface area (Å²) < 4.78 is 5.92. The number of ether oxygens (including phenoxy) is 1. The molecule has 1 aromatic carbocycles. The Labute approximate surface area is 138 Å². The van der Waals surface area contributed by atoms with Crippen LogP contribution in [0, 0.1) is 0 Å². The largest absolute Gasteiger partial charge is 0.486 e. The van der Waals surface area contributed by atoms with E-state index in [-0.39, 0.29) is 17.9 Å². The standard InChI is InChI=1S/C18H27N3O2/c1-3-15-12-20-16-11-14(5-6-17(16)23-15)18(22)13(2)21-9-4-7-19-8-10-21/h5-6,11,13,15,19-20H,3-4,7-10,12H2,1-2H3. The SMILES string of the molecule is CCC1CNc2cc(C(=O)C(C)N3CCCNCC3)ccc2O1. The van der Waals surface area contributed by atoms with E-state index < -0.39 is 0 Å². The summed E-state index contributed by atoms with van der Waals surface area (Å²) in [5, 5.41) is 6.77. The summed E-state index contributed by atoms with van der Waals surface area (Å²) in [7, 11) is 0. The van der Waals surface area contributed by atoms with Gasteiger partial charge in [-0.25, -0.2) is 0 Å². The lowest BCUT2D eigenvalue weighted by Gasteiger charge is -2.28. The fourth-order valence-corrected chi connectivity index (χ4v) is 3.26. The lowest BCUT2D eigenvalue weighted by molar-refractivity contribution is 0.0846. The van der Waals surface area contributed by atoms with Crippen LogP contribution in [0.25, 0.3) is 0 Å². The Balaban J connectivity index is 1.72. The fourth-order valence-electron chi connectivity index (χ4n) is 3.26. The number of fused-ring (bicyclic) bond motifs is 1. The van der Waals surface area contributed by atoms with Crippen molar-refractivity contribution in [3.63, 3.8) is 0 Å². The molecule has 23 heavy (non-hydrogen) atoms. The molecule has 0 amide bonds. The first-order chi connectivity index (χ1) is 11.2. The van der Waals surface area contributed by atoms with Crippen LogP contribution in [0.4, 0.5) is 5.69 Å². The predicted octanol–water partition coefficient (Wildman–Crippen LogP) is 2.14. The zero-order valence-electron chi connectivity index (χ0n) is 14.1. The first-order valence-corrected chi connectivity index (χ1v) is 8.72. The van der Waals surface area contributed by atoms with E-state index >= 15 is 0 Å². The van der Waals surface area contributed by atoms with Gasteiger partial charge in [0.05, 0.1) is 18.3 Å². The van der Waals surface area contributed by atoms with Crippen molar-refractivity contribution in [2.45, 2.75) is 38.8 Å². The van der Waals surface area contributed by atoms with Crippen molar-refractivity contribution < 1.29 is 9.53 Å². The van der Waals surface area contributed by atoms with Gasteiger partial charge < -0.3 is 15.4 Å². The van der Waals surface area contributed by atoms with Gasteiger partial charge in [0.2, 0.25) is 0 Å². The molecule has 0 aliphatic carbocycles. The number of hydrogen-bond donors (Lipinski definition) is 2. The van der Waals surface area contributed by atoms with Crippen molar-refractivity contribution in [1.82, 2.24) is 10.2 Å². The predicted molar refractivity (Wildman–Crippen MR) is 92.5 cm³/mol. The zero-order valence-corrected chi connectivity index (χ0v) is 14.1. The quantitative estimate of drug-likeness (QED) is 0.833. The van der Waals surface area contributed by atoms with Gasteiger partial charge in [-0.15, -0.1) is 0 Å². The number of nitrogens with zero attached hydrogens (tertiary/aromatic N) is 1. The van der Waals surface area contributed by atoms with Crippen molar-refractivity contribution in [2.75, 3.05) is 38.0 Å². The average molecular weight is 317 g/mol. The molecule has 2 N–H and O–H groups in total. The molecule has 2 aliphatic heterocycles. The van der Waals surface area contributed by atoms with E-state index in [1.165, 1.54) is 0 Å². The molecular weight excluding hydrogens is 290 g/mol. The van der Waals surface area contributed by atoms with Gasteiger partial charge in [0.25, 0.3) is 0 Å². The molecule has 0 radical (unpaired) electrons. The summed E-state index contributed by atoms with van der Waals surface area (Å²) in [5.41, 5.74) is 1.70. The molecule has 0 aromatic heterocycles. The number of benzene rings is 1. The van der Waals surface area contributed by atoms with E-state index in [2.05, 4.69) is 22.5 Å². The molecular formula is C18H27N3O2. The Morgan fingerprint density at radius 2 is 2.26 bits per heavy atom. The number of ketones is 1. The molecule has 2 atom stereocenters. The number of Topliss-reactive ketones (excluding diaryl/α,β-unsaturated/α-hetero) is 1. The van der Waals surface area contributed by atoms with Crippen LogP contribution in [0.3, 0.4) is 0 Å². The molecule has 1 fully saturated rings. The van der Waals surface area contributed by atoms with E-state index in [4.69, 9.17) is 4.74 Å². The molecule has 2 heterocycles. The van der Waals surface area contributed by atoms with E-state index in [1.54, 1.807) is 0 Å². The molecule has 0 spiro atoms. The Hall–Kier alpha value is -1.59. The summed E-state index contributed by atoms with van der Waals surface area (Å²) >= 11 is 0. The van der Waals surface area contributed by atoms with Gasteiger partial charge in [0.15, 0.2) is 5.78 Å². The lowest BCUT2D eigenvalue weighted by Crippen LogP contribution is -2.41. The average Bonchev–Trinajstić information content (AvgIpc) is 2.88. The number of carbonyl (C=O) groups excluding carboxylic acids is 1. The first kappa shape index (κ1) is 16.3. The summed E-state index contributed by atoms with van der Waals surface area (Å²) in [4.78, 5) is 15.1. The van der Waals surface area contributed by atoms with E-state index in [0.717, 1.165) is 62.6 Å². The second kappa shape index (κ2) is 7.32. The molecule has 1 aromatic rings. The van der Waals surface area contributed by atoms with Crippen LogP contribution in [-0.4, -0.2) is 55.6 Å². The van der Waals surface area contributed by atoms with Gasteiger partial charge >= 0.3 is 0 Å². The van der Waals surface area contributed by atoms with Crippen molar-refractivity contribution in [3.05, 3.63) is 23.8 Å². The van der Waals surface area contributed by atoms with Crippen molar-refractivity contribution >= 4 is 11.5 Å². The molecule has 0 saturated carbocycles. The highest BCUT2D eigenvalue weighted by atomic mass is 16.5. The minimum absolute atomic E-state index is 0.0825. The van der Waals surface area contributed by atoms with E-state index in [0.29, 0.717) is 0 Å². The zero-order chi connectivity index (χ0) is 16.2. The maximum Gasteiger partial charge on any atom is 0.179 e. The molecule has 126 valence electrons. The highest BCUT2D eigenvalue weighted by Crippen LogP contribution is 2.31. The third-order valence-corrected chi connectivity index (χ3v) is 4.84. The Morgan fingerprint density at radius 1 is 1.39 bits per heavy atom. The maximum atomic E-state index is 12.8. The highest BCUT2D eigenvalue weighted by Gasteiger charge is 2.25. The van der Waals surface area contributed by atoms with Gasteiger partial charge in [-0.1, -0.05) is 6.92 Å². The van der Waals surface area contributed by atoms with Gasteiger partial charge in [-0.3, -0.25) is 9.69 Å². The Bertz CT molecular complexity index is 553. The molecule has 5 nitrogen and oxygen atoms in total.